The monoisotopic (exact) mass is 337 g/mol. The summed E-state index contributed by atoms with van der Waals surface area (Å²) in [7, 11) is -3.02. The van der Waals surface area contributed by atoms with E-state index in [2.05, 4.69) is 13.2 Å². The van der Waals surface area contributed by atoms with E-state index in [0.29, 0.717) is 26.1 Å². The molecule has 0 spiro atoms. The lowest BCUT2D eigenvalue weighted by Gasteiger charge is -2.26. The van der Waals surface area contributed by atoms with E-state index < -0.39 is 15.7 Å². The van der Waals surface area contributed by atoms with Gasteiger partial charge in [-0.25, -0.2) is 8.42 Å². The molecule has 0 saturated carbocycles. The zero-order valence-corrected chi connectivity index (χ0v) is 14.3. The Bertz CT molecular complexity index is 621. The summed E-state index contributed by atoms with van der Waals surface area (Å²) < 4.78 is 23.2. The molecule has 6 nitrogen and oxygen atoms in total. The van der Waals surface area contributed by atoms with Gasteiger partial charge in [0.1, 0.15) is 11.6 Å². The Morgan fingerprint density at radius 1 is 1.35 bits per heavy atom. The molecule has 1 saturated heterocycles. The van der Waals surface area contributed by atoms with Crippen molar-refractivity contribution in [3.63, 3.8) is 0 Å². The van der Waals surface area contributed by atoms with E-state index in [1.165, 1.54) is 11.1 Å². The zero-order chi connectivity index (χ0) is 17.5. The highest BCUT2D eigenvalue weighted by Gasteiger charge is 2.31. The molecule has 0 bridgehead atoms. The first-order valence-electron chi connectivity index (χ1n) is 7.47. The van der Waals surface area contributed by atoms with E-state index in [4.69, 9.17) is 0 Å². The Morgan fingerprint density at radius 3 is 2.35 bits per heavy atom. The summed E-state index contributed by atoms with van der Waals surface area (Å²) in [5, 5.41) is 9.31. The van der Waals surface area contributed by atoms with Crippen molar-refractivity contribution in [1.29, 1.82) is 5.26 Å². The summed E-state index contributed by atoms with van der Waals surface area (Å²) in [6.45, 7) is 10.2. The van der Waals surface area contributed by atoms with Crippen LogP contribution in [0.25, 0.3) is 0 Å². The highest BCUT2D eigenvalue weighted by molar-refractivity contribution is 7.91. The molecule has 1 unspecified atom stereocenters. The predicted molar refractivity (Wildman–Crippen MR) is 90.1 cm³/mol. The van der Waals surface area contributed by atoms with Crippen LogP contribution in [0.2, 0.25) is 0 Å². The van der Waals surface area contributed by atoms with E-state index in [0.717, 1.165) is 0 Å². The Balaban J connectivity index is 2.98. The van der Waals surface area contributed by atoms with E-state index in [1.807, 2.05) is 13.0 Å². The van der Waals surface area contributed by atoms with Gasteiger partial charge in [-0.15, -0.1) is 13.2 Å². The minimum atomic E-state index is -3.02. The van der Waals surface area contributed by atoms with Crippen molar-refractivity contribution in [2.24, 2.45) is 0 Å². The summed E-state index contributed by atoms with van der Waals surface area (Å²) >= 11 is 0. The fourth-order valence-corrected chi connectivity index (χ4v) is 4.25. The van der Waals surface area contributed by atoms with Gasteiger partial charge in [0.25, 0.3) is 5.91 Å². The molecule has 23 heavy (non-hydrogen) atoms. The SMILES string of the molecule is C=CCN(CC=C)C(=O)/C(C#N)=C\N(CC)C1CCS(=O)(=O)C1. The molecule has 1 heterocycles. The van der Waals surface area contributed by atoms with Gasteiger partial charge in [0.2, 0.25) is 0 Å². The van der Waals surface area contributed by atoms with E-state index >= 15 is 0 Å². The molecule has 0 aromatic carbocycles. The first kappa shape index (κ1) is 19.0. The first-order chi connectivity index (χ1) is 10.9. The molecule has 1 rings (SSSR count). The van der Waals surface area contributed by atoms with Crippen LogP contribution < -0.4 is 0 Å². The summed E-state index contributed by atoms with van der Waals surface area (Å²) in [5.41, 5.74) is -0.0140. The second-order valence-electron chi connectivity index (χ2n) is 5.33. The number of hydrogen-bond acceptors (Lipinski definition) is 5. The quantitative estimate of drug-likeness (QED) is 0.376. The molecule has 1 aliphatic heterocycles. The Morgan fingerprint density at radius 2 is 1.96 bits per heavy atom. The highest BCUT2D eigenvalue weighted by atomic mass is 32.2. The average Bonchev–Trinajstić information content (AvgIpc) is 2.87. The molecule has 1 fully saturated rings. The fourth-order valence-electron chi connectivity index (χ4n) is 2.51. The lowest BCUT2D eigenvalue weighted by Crippen LogP contribution is -2.35. The standard InChI is InChI=1S/C16H23N3O3S/c1-4-8-19(9-5-2)16(20)14(11-17)12-18(6-3)15-7-10-23(21,22)13-15/h4-5,12,15H,1-2,6-10,13H2,3H3/b14-12-. The van der Waals surface area contributed by atoms with Gasteiger partial charge in [0.05, 0.1) is 11.5 Å². The van der Waals surface area contributed by atoms with Crippen LogP contribution in [0.4, 0.5) is 0 Å². The normalized spacial score (nSPS) is 19.7. The van der Waals surface area contributed by atoms with Crippen molar-refractivity contribution in [3.05, 3.63) is 37.1 Å². The van der Waals surface area contributed by atoms with Gasteiger partial charge in [-0.1, -0.05) is 12.2 Å². The number of sulfone groups is 1. The van der Waals surface area contributed by atoms with Gasteiger partial charge in [0, 0.05) is 31.9 Å². The maximum atomic E-state index is 12.4. The number of hydrogen-bond donors (Lipinski definition) is 0. The third-order valence-electron chi connectivity index (χ3n) is 3.67. The smallest absolute Gasteiger partial charge is 0.266 e. The topological polar surface area (TPSA) is 81.5 Å². The second-order valence-corrected chi connectivity index (χ2v) is 7.56. The number of nitriles is 1. The lowest BCUT2D eigenvalue weighted by atomic mass is 10.2. The van der Waals surface area contributed by atoms with Crippen molar-refractivity contribution >= 4 is 15.7 Å². The molecule has 0 radical (unpaired) electrons. The Labute approximate surface area is 138 Å². The summed E-state index contributed by atoms with van der Waals surface area (Å²) in [6, 6.07) is 1.73. The van der Waals surface area contributed by atoms with E-state index in [1.54, 1.807) is 17.1 Å². The van der Waals surface area contributed by atoms with Crippen LogP contribution in [0.5, 0.6) is 0 Å². The number of nitrogens with zero attached hydrogens (tertiary/aromatic N) is 3. The minimum Gasteiger partial charge on any atom is -0.372 e. The molecule has 126 valence electrons. The van der Waals surface area contributed by atoms with Crippen LogP contribution in [-0.4, -0.2) is 61.3 Å². The summed E-state index contributed by atoms with van der Waals surface area (Å²) in [5.74, 6) is -0.198. The van der Waals surface area contributed by atoms with Crippen LogP contribution in [0, 0.1) is 11.3 Å². The van der Waals surface area contributed by atoms with Gasteiger partial charge in [0.15, 0.2) is 9.84 Å². The van der Waals surface area contributed by atoms with E-state index in [9.17, 15) is 18.5 Å². The predicted octanol–water partition coefficient (Wildman–Crippen LogP) is 1.10. The van der Waals surface area contributed by atoms with Gasteiger partial charge >= 0.3 is 0 Å². The van der Waals surface area contributed by atoms with Crippen molar-refractivity contribution in [3.8, 4) is 6.07 Å². The maximum Gasteiger partial charge on any atom is 0.266 e. The fraction of sp³-hybridized carbons (Fsp3) is 0.500. The molecule has 0 N–H and O–H groups in total. The minimum absolute atomic E-state index is 0.0140. The molecular formula is C16H23N3O3S. The third-order valence-corrected chi connectivity index (χ3v) is 5.42. The summed E-state index contributed by atoms with van der Waals surface area (Å²) in [4.78, 5) is 15.7. The van der Waals surface area contributed by atoms with Crippen LogP contribution in [-0.2, 0) is 14.6 Å². The van der Waals surface area contributed by atoms with Crippen LogP contribution >= 0.6 is 0 Å². The first-order valence-corrected chi connectivity index (χ1v) is 9.29. The zero-order valence-electron chi connectivity index (χ0n) is 13.4. The second kappa shape index (κ2) is 8.53. The third kappa shape index (κ3) is 5.25. The molecule has 0 aromatic heterocycles. The van der Waals surface area contributed by atoms with E-state index in [-0.39, 0.29) is 23.1 Å². The summed E-state index contributed by atoms with van der Waals surface area (Å²) in [6.07, 6.45) is 5.16. The number of carbonyl (C=O) groups excluding carboxylic acids is 1. The largest absolute Gasteiger partial charge is 0.372 e. The molecule has 0 aliphatic carbocycles. The van der Waals surface area contributed by atoms with Crippen LogP contribution in [0.1, 0.15) is 13.3 Å². The van der Waals surface area contributed by atoms with Gasteiger partial charge < -0.3 is 9.80 Å². The van der Waals surface area contributed by atoms with Crippen molar-refractivity contribution in [2.45, 2.75) is 19.4 Å². The average molecular weight is 337 g/mol. The van der Waals surface area contributed by atoms with Crippen molar-refractivity contribution < 1.29 is 13.2 Å². The molecule has 1 amide bonds. The molecule has 1 atom stereocenters. The molecular weight excluding hydrogens is 314 g/mol. The van der Waals surface area contributed by atoms with Gasteiger partial charge in [-0.3, -0.25) is 4.79 Å². The van der Waals surface area contributed by atoms with Gasteiger partial charge in [-0.2, -0.15) is 5.26 Å². The molecule has 0 aromatic rings. The number of carbonyl (C=O) groups is 1. The lowest BCUT2D eigenvalue weighted by molar-refractivity contribution is -0.125. The molecule has 1 aliphatic rings. The Kier molecular flexibility index (Phi) is 7.04. The number of rotatable bonds is 8. The van der Waals surface area contributed by atoms with Crippen LogP contribution in [0.3, 0.4) is 0 Å². The maximum absolute atomic E-state index is 12.4. The van der Waals surface area contributed by atoms with Gasteiger partial charge in [-0.05, 0) is 13.3 Å². The number of amides is 1. The highest BCUT2D eigenvalue weighted by Crippen LogP contribution is 2.19. The van der Waals surface area contributed by atoms with Crippen molar-refractivity contribution in [2.75, 3.05) is 31.1 Å². The molecule has 7 heteroatoms. The Hall–Kier alpha value is -2.07. The van der Waals surface area contributed by atoms with Crippen LogP contribution in [0.15, 0.2) is 37.1 Å². The van der Waals surface area contributed by atoms with Crippen molar-refractivity contribution in [1.82, 2.24) is 9.80 Å².